The molecule has 2 aromatic carbocycles. The zero-order chi connectivity index (χ0) is 18.8. The van der Waals surface area contributed by atoms with Gasteiger partial charge in [0, 0.05) is 32.2 Å². The van der Waals surface area contributed by atoms with Crippen molar-refractivity contribution in [2.45, 2.75) is 37.7 Å². The molecule has 0 amide bonds. The summed E-state index contributed by atoms with van der Waals surface area (Å²) in [7, 11) is 1.83. The van der Waals surface area contributed by atoms with Crippen molar-refractivity contribution in [3.05, 3.63) is 71.8 Å². The molecule has 1 fully saturated rings. The Hall–Kier alpha value is -1.60. The second kappa shape index (κ2) is 12.1. The van der Waals surface area contributed by atoms with E-state index in [0.29, 0.717) is 12.0 Å². The molecular formula is C23H32IN3O. The average molecular weight is 493 g/mol. The number of rotatable bonds is 10. The number of nitrogens with zero attached hydrogens (tertiary/aromatic N) is 1. The zero-order valence-electron chi connectivity index (χ0n) is 16.7. The fraction of sp³-hybridized carbons (Fsp3) is 0.435. The van der Waals surface area contributed by atoms with E-state index in [1.165, 1.54) is 24.0 Å². The third-order valence-electron chi connectivity index (χ3n) is 5.18. The van der Waals surface area contributed by atoms with Crippen LogP contribution in [-0.2, 0) is 16.8 Å². The predicted molar refractivity (Wildman–Crippen MR) is 127 cm³/mol. The molecule has 2 aromatic rings. The first-order valence-electron chi connectivity index (χ1n) is 9.94. The van der Waals surface area contributed by atoms with Crippen molar-refractivity contribution in [1.82, 2.24) is 10.6 Å². The van der Waals surface area contributed by atoms with Gasteiger partial charge in [-0.3, -0.25) is 4.99 Å². The maximum atomic E-state index is 5.73. The van der Waals surface area contributed by atoms with E-state index in [4.69, 9.17) is 4.74 Å². The highest BCUT2D eigenvalue weighted by atomic mass is 127. The lowest BCUT2D eigenvalue weighted by molar-refractivity contribution is 0.117. The van der Waals surface area contributed by atoms with Crippen molar-refractivity contribution in [2.24, 2.45) is 4.99 Å². The average Bonchev–Trinajstić information content (AvgIpc) is 3.52. The summed E-state index contributed by atoms with van der Waals surface area (Å²) in [6.45, 7) is 3.34. The number of hydrogen-bond donors (Lipinski definition) is 2. The van der Waals surface area contributed by atoms with Gasteiger partial charge in [-0.25, -0.2) is 0 Å². The van der Waals surface area contributed by atoms with Gasteiger partial charge in [-0.2, -0.15) is 0 Å². The second-order valence-corrected chi connectivity index (χ2v) is 7.24. The first kappa shape index (κ1) is 22.7. The molecular weight excluding hydrogens is 461 g/mol. The third kappa shape index (κ3) is 7.09. The number of benzene rings is 2. The summed E-state index contributed by atoms with van der Waals surface area (Å²) < 4.78 is 5.73. The molecule has 0 spiro atoms. The highest BCUT2D eigenvalue weighted by Crippen LogP contribution is 2.47. The van der Waals surface area contributed by atoms with Crippen molar-refractivity contribution >= 4 is 29.9 Å². The molecule has 0 unspecified atom stereocenters. The molecule has 0 radical (unpaired) electrons. The molecule has 1 aliphatic carbocycles. The highest BCUT2D eigenvalue weighted by Gasteiger charge is 2.43. The molecule has 3 rings (SSSR count). The molecule has 1 saturated carbocycles. The van der Waals surface area contributed by atoms with Crippen molar-refractivity contribution in [3.8, 4) is 0 Å². The van der Waals surface area contributed by atoms with Gasteiger partial charge in [0.25, 0.3) is 0 Å². The van der Waals surface area contributed by atoms with Gasteiger partial charge in [-0.1, -0.05) is 60.7 Å². The van der Waals surface area contributed by atoms with Crippen molar-refractivity contribution < 1.29 is 4.74 Å². The van der Waals surface area contributed by atoms with Crippen LogP contribution in [0.4, 0.5) is 0 Å². The number of nitrogens with one attached hydrogen (secondary N) is 2. The van der Waals surface area contributed by atoms with Crippen molar-refractivity contribution in [2.75, 3.05) is 26.7 Å². The Morgan fingerprint density at radius 1 is 0.964 bits per heavy atom. The lowest BCUT2D eigenvalue weighted by atomic mass is 9.96. The molecule has 0 saturated heterocycles. The molecule has 152 valence electrons. The summed E-state index contributed by atoms with van der Waals surface area (Å²) in [5.74, 6) is 0.891. The number of ether oxygens (including phenoxy) is 1. The van der Waals surface area contributed by atoms with Crippen molar-refractivity contribution in [1.29, 1.82) is 0 Å². The van der Waals surface area contributed by atoms with E-state index in [1.54, 1.807) is 0 Å². The van der Waals surface area contributed by atoms with Crippen LogP contribution in [0.1, 0.15) is 36.8 Å². The van der Waals surface area contributed by atoms with Gasteiger partial charge < -0.3 is 15.4 Å². The molecule has 2 N–H and O–H groups in total. The Bertz CT molecular complexity index is 702. The Kier molecular flexibility index (Phi) is 9.78. The van der Waals surface area contributed by atoms with Crippen LogP contribution in [0.5, 0.6) is 0 Å². The van der Waals surface area contributed by atoms with E-state index in [1.807, 2.05) is 25.2 Å². The van der Waals surface area contributed by atoms with E-state index >= 15 is 0 Å². The van der Waals surface area contributed by atoms with E-state index in [-0.39, 0.29) is 24.0 Å². The fourth-order valence-electron chi connectivity index (χ4n) is 3.28. The maximum Gasteiger partial charge on any atom is 0.191 e. The van der Waals surface area contributed by atoms with E-state index < -0.39 is 0 Å². The number of hydrogen-bond acceptors (Lipinski definition) is 2. The number of halogens is 1. The quantitative estimate of drug-likeness (QED) is 0.222. The molecule has 0 heterocycles. The largest absolute Gasteiger partial charge is 0.377 e. The van der Waals surface area contributed by atoms with Gasteiger partial charge in [-0.15, -0.1) is 24.0 Å². The minimum absolute atomic E-state index is 0. The SMILES string of the molecule is CN=C(NCCCCOCc1ccccc1)NCC1(c2ccccc2)CC1.I. The maximum absolute atomic E-state index is 5.73. The summed E-state index contributed by atoms with van der Waals surface area (Å²) in [4.78, 5) is 4.35. The fourth-order valence-corrected chi connectivity index (χ4v) is 3.28. The smallest absolute Gasteiger partial charge is 0.191 e. The topological polar surface area (TPSA) is 45.7 Å². The molecule has 0 atom stereocenters. The van der Waals surface area contributed by atoms with E-state index in [2.05, 4.69) is 58.1 Å². The van der Waals surface area contributed by atoms with Crippen LogP contribution in [0.2, 0.25) is 0 Å². The van der Waals surface area contributed by atoms with Gasteiger partial charge in [-0.05, 0) is 36.8 Å². The first-order chi connectivity index (χ1) is 13.3. The van der Waals surface area contributed by atoms with Gasteiger partial charge in [0.05, 0.1) is 6.61 Å². The Balaban J connectivity index is 0.00000280. The second-order valence-electron chi connectivity index (χ2n) is 7.24. The summed E-state index contributed by atoms with van der Waals surface area (Å²) >= 11 is 0. The van der Waals surface area contributed by atoms with Crippen LogP contribution >= 0.6 is 24.0 Å². The molecule has 28 heavy (non-hydrogen) atoms. The van der Waals surface area contributed by atoms with Gasteiger partial charge in [0.15, 0.2) is 5.96 Å². The van der Waals surface area contributed by atoms with Gasteiger partial charge >= 0.3 is 0 Å². The van der Waals surface area contributed by atoms with Crippen LogP contribution in [-0.4, -0.2) is 32.7 Å². The molecule has 4 nitrogen and oxygen atoms in total. The Labute approximate surface area is 186 Å². The molecule has 0 aliphatic heterocycles. The number of unbranched alkanes of at least 4 members (excludes halogenated alkanes) is 1. The van der Waals surface area contributed by atoms with Gasteiger partial charge in [0.2, 0.25) is 0 Å². The zero-order valence-corrected chi connectivity index (χ0v) is 19.0. The monoisotopic (exact) mass is 493 g/mol. The lowest BCUT2D eigenvalue weighted by Gasteiger charge is -2.19. The Morgan fingerprint density at radius 2 is 1.64 bits per heavy atom. The van der Waals surface area contributed by atoms with Crippen LogP contribution in [0.15, 0.2) is 65.7 Å². The summed E-state index contributed by atoms with van der Waals surface area (Å²) in [5.41, 5.74) is 2.96. The van der Waals surface area contributed by atoms with Crippen molar-refractivity contribution in [3.63, 3.8) is 0 Å². The summed E-state index contributed by atoms with van der Waals surface area (Å²) in [6.07, 6.45) is 4.61. The highest BCUT2D eigenvalue weighted by molar-refractivity contribution is 14.0. The van der Waals surface area contributed by atoms with E-state index in [0.717, 1.165) is 38.5 Å². The van der Waals surface area contributed by atoms with Crippen LogP contribution in [0, 0.1) is 0 Å². The molecule has 1 aliphatic rings. The van der Waals surface area contributed by atoms with Crippen LogP contribution in [0.25, 0.3) is 0 Å². The summed E-state index contributed by atoms with van der Waals surface area (Å²) in [5, 5.41) is 6.92. The third-order valence-corrected chi connectivity index (χ3v) is 5.18. The lowest BCUT2D eigenvalue weighted by Crippen LogP contribution is -2.41. The van der Waals surface area contributed by atoms with Crippen LogP contribution < -0.4 is 10.6 Å². The predicted octanol–water partition coefficient (Wildman–Crippen LogP) is 4.50. The molecule has 0 bridgehead atoms. The molecule has 0 aromatic heterocycles. The van der Waals surface area contributed by atoms with Crippen LogP contribution in [0.3, 0.4) is 0 Å². The van der Waals surface area contributed by atoms with E-state index in [9.17, 15) is 0 Å². The minimum atomic E-state index is 0. The minimum Gasteiger partial charge on any atom is -0.377 e. The number of aliphatic imine (C=N–C) groups is 1. The normalized spacial score (nSPS) is 14.8. The number of guanidine groups is 1. The molecule has 5 heteroatoms. The standard InChI is InChI=1S/C23H31N3O.HI/c1-24-22(26-19-23(14-15-23)21-12-6-3-7-13-21)25-16-8-9-17-27-18-20-10-4-2-5-11-20;/h2-7,10-13H,8-9,14-19H2,1H3,(H2,24,25,26);1H. The Morgan fingerprint density at radius 3 is 2.29 bits per heavy atom. The summed E-state index contributed by atoms with van der Waals surface area (Å²) in [6, 6.07) is 21.1. The first-order valence-corrected chi connectivity index (χ1v) is 9.94. The van der Waals surface area contributed by atoms with Gasteiger partial charge in [0.1, 0.15) is 0 Å².